The molecule has 3 atom stereocenters. The first kappa shape index (κ1) is 22.7. The molecule has 0 aliphatic carbocycles. The molecule has 3 unspecified atom stereocenters. The van der Waals surface area contributed by atoms with Crippen molar-refractivity contribution in [3.63, 3.8) is 0 Å². The Morgan fingerprint density at radius 3 is 2.55 bits per heavy atom. The molecule has 2 saturated heterocycles. The van der Waals surface area contributed by atoms with Crippen LogP contribution >= 0.6 is 15.9 Å². The first-order chi connectivity index (χ1) is 13.8. The van der Waals surface area contributed by atoms with Crippen LogP contribution in [0.3, 0.4) is 0 Å². The topological polar surface area (TPSA) is 69.7 Å². The molecule has 2 aliphatic rings. The van der Waals surface area contributed by atoms with E-state index >= 15 is 0 Å². The van der Waals surface area contributed by atoms with E-state index in [1.54, 1.807) is 24.3 Å². The Hall–Kier alpha value is -0.960. The molecule has 2 fully saturated rings. The fraction of sp³-hybridized carbons (Fsp3) is 0.667. The summed E-state index contributed by atoms with van der Waals surface area (Å²) >= 11 is 3.33. The van der Waals surface area contributed by atoms with Gasteiger partial charge in [-0.2, -0.15) is 4.31 Å². The molecule has 162 valence electrons. The summed E-state index contributed by atoms with van der Waals surface area (Å²) in [5.41, 5.74) is 0. The zero-order chi connectivity index (χ0) is 21.0. The summed E-state index contributed by atoms with van der Waals surface area (Å²) in [6.07, 6.45) is 3.92. The fourth-order valence-electron chi connectivity index (χ4n) is 4.38. The Bertz CT molecular complexity index is 800. The van der Waals surface area contributed by atoms with E-state index in [1.807, 2.05) is 6.92 Å². The lowest BCUT2D eigenvalue weighted by atomic mass is 9.98. The van der Waals surface area contributed by atoms with Crippen LogP contribution in [-0.2, 0) is 14.8 Å². The zero-order valence-corrected chi connectivity index (χ0v) is 19.7. The van der Waals surface area contributed by atoms with Crippen molar-refractivity contribution < 1.29 is 13.2 Å². The van der Waals surface area contributed by atoms with Gasteiger partial charge < -0.3 is 10.2 Å². The standard InChI is InChI=1S/C21H32BrN3O3S/c1-16-5-3-11-24(13-16)14-17(2)23-21(26)18-6-4-12-25(15-18)29(27,28)20-9-7-19(22)8-10-20/h7-10,16-18H,3-6,11-15H2,1-2H3,(H,23,26). The summed E-state index contributed by atoms with van der Waals surface area (Å²) in [5, 5.41) is 3.12. The largest absolute Gasteiger partial charge is 0.352 e. The molecule has 29 heavy (non-hydrogen) atoms. The highest BCUT2D eigenvalue weighted by Crippen LogP contribution is 2.25. The van der Waals surface area contributed by atoms with Crippen LogP contribution in [-0.4, -0.2) is 62.3 Å². The van der Waals surface area contributed by atoms with Gasteiger partial charge in [-0.3, -0.25) is 4.79 Å². The van der Waals surface area contributed by atoms with E-state index in [9.17, 15) is 13.2 Å². The van der Waals surface area contributed by atoms with Crippen molar-refractivity contribution in [3.8, 4) is 0 Å². The van der Waals surface area contributed by atoms with Crippen molar-refractivity contribution in [1.82, 2.24) is 14.5 Å². The van der Waals surface area contributed by atoms with E-state index in [0.717, 1.165) is 30.5 Å². The third-order valence-electron chi connectivity index (χ3n) is 5.87. The van der Waals surface area contributed by atoms with Crippen molar-refractivity contribution in [2.45, 2.75) is 50.5 Å². The molecule has 3 rings (SSSR count). The van der Waals surface area contributed by atoms with Crippen molar-refractivity contribution >= 4 is 31.9 Å². The maximum Gasteiger partial charge on any atom is 0.243 e. The number of nitrogens with zero attached hydrogens (tertiary/aromatic N) is 2. The summed E-state index contributed by atoms with van der Waals surface area (Å²) in [7, 11) is -3.58. The summed E-state index contributed by atoms with van der Waals surface area (Å²) in [6, 6.07) is 6.72. The molecule has 1 N–H and O–H groups in total. The maximum absolute atomic E-state index is 13.0. The lowest BCUT2D eigenvalue weighted by Crippen LogP contribution is -2.50. The Morgan fingerprint density at radius 2 is 1.86 bits per heavy atom. The molecular weight excluding hydrogens is 454 g/mol. The van der Waals surface area contributed by atoms with Crippen molar-refractivity contribution in [2.24, 2.45) is 11.8 Å². The normalized spacial score (nSPS) is 25.5. The summed E-state index contributed by atoms with van der Waals surface area (Å²) in [5.74, 6) is 0.386. The van der Waals surface area contributed by atoms with Gasteiger partial charge in [0.25, 0.3) is 0 Å². The van der Waals surface area contributed by atoms with Crippen LogP contribution in [0.5, 0.6) is 0 Å². The van der Waals surface area contributed by atoms with Crippen molar-refractivity contribution in [1.29, 1.82) is 0 Å². The third-order valence-corrected chi connectivity index (χ3v) is 8.28. The van der Waals surface area contributed by atoms with Crippen LogP contribution in [0.2, 0.25) is 0 Å². The van der Waals surface area contributed by atoms with Gasteiger partial charge in [0.2, 0.25) is 15.9 Å². The molecule has 0 saturated carbocycles. The molecule has 0 aromatic heterocycles. The lowest BCUT2D eigenvalue weighted by molar-refractivity contribution is -0.126. The van der Waals surface area contributed by atoms with Gasteiger partial charge in [-0.15, -0.1) is 0 Å². The molecule has 1 aromatic rings. The second-order valence-corrected chi connectivity index (χ2v) is 11.4. The van der Waals surface area contributed by atoms with E-state index in [1.165, 1.54) is 17.1 Å². The van der Waals surface area contributed by atoms with Gasteiger partial charge >= 0.3 is 0 Å². The predicted molar refractivity (Wildman–Crippen MR) is 118 cm³/mol. The van der Waals surface area contributed by atoms with E-state index in [2.05, 4.69) is 33.1 Å². The highest BCUT2D eigenvalue weighted by Gasteiger charge is 2.33. The molecule has 1 aromatic carbocycles. The van der Waals surface area contributed by atoms with Gasteiger partial charge in [0.1, 0.15) is 0 Å². The Labute approximate surface area is 183 Å². The number of likely N-dealkylation sites (tertiary alicyclic amines) is 1. The zero-order valence-electron chi connectivity index (χ0n) is 17.3. The number of benzene rings is 1. The van der Waals surface area contributed by atoms with Crippen LogP contribution in [0.4, 0.5) is 0 Å². The van der Waals surface area contributed by atoms with Crippen molar-refractivity contribution in [3.05, 3.63) is 28.7 Å². The Morgan fingerprint density at radius 1 is 1.17 bits per heavy atom. The minimum Gasteiger partial charge on any atom is -0.352 e. The Balaban J connectivity index is 1.56. The monoisotopic (exact) mass is 485 g/mol. The number of rotatable bonds is 6. The molecular formula is C21H32BrN3O3S. The highest BCUT2D eigenvalue weighted by atomic mass is 79.9. The average Bonchev–Trinajstić information content (AvgIpc) is 2.68. The fourth-order valence-corrected chi connectivity index (χ4v) is 6.16. The number of hydrogen-bond acceptors (Lipinski definition) is 4. The lowest BCUT2D eigenvalue weighted by Gasteiger charge is -2.34. The van der Waals surface area contributed by atoms with Gasteiger partial charge in [-0.1, -0.05) is 22.9 Å². The van der Waals surface area contributed by atoms with Crippen LogP contribution in [0.15, 0.2) is 33.6 Å². The SMILES string of the molecule is CC1CCCN(CC(C)NC(=O)C2CCCN(S(=O)(=O)c3ccc(Br)cc3)C2)C1. The number of sulfonamides is 1. The van der Waals surface area contributed by atoms with E-state index < -0.39 is 10.0 Å². The molecule has 8 heteroatoms. The van der Waals surface area contributed by atoms with Gasteiger partial charge in [-0.05, 0) is 69.3 Å². The smallest absolute Gasteiger partial charge is 0.243 e. The molecule has 0 spiro atoms. The van der Waals surface area contributed by atoms with Gasteiger partial charge in [0, 0.05) is 36.7 Å². The maximum atomic E-state index is 13.0. The number of nitrogens with one attached hydrogen (secondary N) is 1. The second-order valence-electron chi connectivity index (χ2n) is 8.57. The van der Waals surface area contributed by atoms with E-state index in [-0.39, 0.29) is 29.3 Å². The number of halogens is 1. The minimum absolute atomic E-state index is 0.0294. The van der Waals surface area contributed by atoms with Gasteiger partial charge in [0.15, 0.2) is 0 Å². The quantitative estimate of drug-likeness (QED) is 0.671. The summed E-state index contributed by atoms with van der Waals surface area (Å²) in [4.78, 5) is 15.5. The van der Waals surface area contributed by atoms with Crippen LogP contribution in [0, 0.1) is 11.8 Å². The number of piperidine rings is 2. The molecule has 0 radical (unpaired) electrons. The van der Waals surface area contributed by atoms with E-state index in [0.29, 0.717) is 18.9 Å². The molecule has 2 heterocycles. The first-order valence-corrected chi connectivity index (χ1v) is 12.8. The average molecular weight is 486 g/mol. The van der Waals surface area contributed by atoms with Gasteiger partial charge in [0.05, 0.1) is 10.8 Å². The van der Waals surface area contributed by atoms with E-state index in [4.69, 9.17) is 0 Å². The van der Waals surface area contributed by atoms with Crippen molar-refractivity contribution in [2.75, 3.05) is 32.7 Å². The number of carbonyl (C=O) groups excluding carboxylic acids is 1. The molecule has 6 nitrogen and oxygen atoms in total. The molecule has 0 bridgehead atoms. The molecule has 2 aliphatic heterocycles. The Kier molecular flexibility index (Phi) is 7.75. The predicted octanol–water partition coefficient (Wildman–Crippen LogP) is 3.09. The van der Waals surface area contributed by atoms with Crippen LogP contribution in [0.25, 0.3) is 0 Å². The number of hydrogen-bond donors (Lipinski definition) is 1. The highest BCUT2D eigenvalue weighted by molar-refractivity contribution is 9.10. The van der Waals surface area contributed by atoms with Crippen LogP contribution in [0.1, 0.15) is 39.5 Å². The first-order valence-electron chi connectivity index (χ1n) is 10.5. The number of amides is 1. The summed E-state index contributed by atoms with van der Waals surface area (Å²) in [6.45, 7) is 8.05. The number of carbonyl (C=O) groups is 1. The van der Waals surface area contributed by atoms with Crippen LogP contribution < -0.4 is 5.32 Å². The minimum atomic E-state index is -3.58. The third kappa shape index (κ3) is 6.03. The summed E-state index contributed by atoms with van der Waals surface area (Å²) < 4.78 is 28.2. The molecule has 1 amide bonds. The van der Waals surface area contributed by atoms with Gasteiger partial charge in [-0.25, -0.2) is 8.42 Å². The second kappa shape index (κ2) is 9.90.